The number of hydrogen-bond acceptors (Lipinski definition) is 7. The Kier molecular flexibility index (Phi) is 5.03. The fraction of sp³-hybridized carbons (Fsp3) is 0.500. The van der Waals surface area contributed by atoms with E-state index in [1.807, 2.05) is 24.3 Å². The maximum absolute atomic E-state index is 6.11. The van der Waals surface area contributed by atoms with Gasteiger partial charge in [-0.3, -0.25) is 0 Å². The van der Waals surface area contributed by atoms with Crippen molar-refractivity contribution in [3.05, 3.63) is 36.0 Å². The third kappa shape index (κ3) is 4.08. The molecule has 7 nitrogen and oxygen atoms in total. The van der Waals surface area contributed by atoms with Crippen molar-refractivity contribution in [2.24, 2.45) is 5.73 Å². The van der Waals surface area contributed by atoms with E-state index in [-0.39, 0.29) is 6.10 Å². The predicted molar refractivity (Wildman–Crippen MR) is 105 cm³/mol. The number of rotatable bonds is 5. The quantitative estimate of drug-likeness (QED) is 0.834. The Balaban J connectivity index is 1.36. The van der Waals surface area contributed by atoms with Crippen molar-refractivity contribution >= 4 is 11.8 Å². The minimum atomic E-state index is 0.206. The Hall–Kier alpha value is -2.54. The van der Waals surface area contributed by atoms with Gasteiger partial charge in [0.1, 0.15) is 23.4 Å². The summed E-state index contributed by atoms with van der Waals surface area (Å²) in [5, 5.41) is 0. The molecular formula is C20H27N5O2. The van der Waals surface area contributed by atoms with Crippen molar-refractivity contribution in [1.82, 2.24) is 9.97 Å². The summed E-state index contributed by atoms with van der Waals surface area (Å²) in [6.45, 7) is 1.78. The molecule has 4 N–H and O–H groups in total. The SMILES string of the molecule is COc1ccc(OC2CCN(c3cc(C4CC(N)C4)nc(N)n3)CC2)cc1. The number of nitrogen functional groups attached to an aromatic ring is 1. The van der Waals surface area contributed by atoms with Crippen LogP contribution in [0, 0.1) is 0 Å². The molecule has 0 amide bonds. The van der Waals surface area contributed by atoms with Gasteiger partial charge < -0.3 is 25.8 Å². The number of benzene rings is 1. The van der Waals surface area contributed by atoms with E-state index in [0.29, 0.717) is 17.9 Å². The van der Waals surface area contributed by atoms with E-state index in [1.165, 1.54) is 0 Å². The van der Waals surface area contributed by atoms with Crippen molar-refractivity contribution in [2.75, 3.05) is 30.8 Å². The zero-order valence-electron chi connectivity index (χ0n) is 15.7. The summed E-state index contributed by atoms with van der Waals surface area (Å²) in [5.74, 6) is 3.39. The summed E-state index contributed by atoms with van der Waals surface area (Å²) in [6.07, 6.45) is 4.05. The Labute approximate surface area is 159 Å². The minimum Gasteiger partial charge on any atom is -0.497 e. The monoisotopic (exact) mass is 369 g/mol. The molecule has 2 heterocycles. The predicted octanol–water partition coefficient (Wildman–Crippen LogP) is 2.32. The van der Waals surface area contributed by atoms with Gasteiger partial charge in [-0.15, -0.1) is 0 Å². The second kappa shape index (κ2) is 7.60. The van der Waals surface area contributed by atoms with E-state index >= 15 is 0 Å². The van der Waals surface area contributed by atoms with Crippen LogP contribution in [-0.2, 0) is 0 Å². The lowest BCUT2D eigenvalue weighted by molar-refractivity contribution is 0.170. The van der Waals surface area contributed by atoms with Gasteiger partial charge in [-0.1, -0.05) is 0 Å². The number of ether oxygens (including phenoxy) is 2. The number of anilines is 2. The number of piperidine rings is 1. The maximum Gasteiger partial charge on any atom is 0.222 e. The van der Waals surface area contributed by atoms with E-state index in [9.17, 15) is 0 Å². The molecule has 1 saturated carbocycles. The van der Waals surface area contributed by atoms with Crippen LogP contribution in [-0.4, -0.2) is 42.3 Å². The Bertz CT molecular complexity index is 768. The van der Waals surface area contributed by atoms with Gasteiger partial charge in [-0.05, 0) is 37.1 Å². The molecule has 1 aromatic heterocycles. The molecule has 27 heavy (non-hydrogen) atoms. The molecule has 0 atom stereocenters. The van der Waals surface area contributed by atoms with Crippen LogP contribution in [0.5, 0.6) is 11.5 Å². The summed E-state index contributed by atoms with van der Waals surface area (Å²) in [5.41, 5.74) is 12.9. The van der Waals surface area contributed by atoms with Crippen LogP contribution >= 0.6 is 0 Å². The van der Waals surface area contributed by atoms with E-state index in [2.05, 4.69) is 20.9 Å². The first kappa shape index (κ1) is 17.9. The molecule has 2 aliphatic rings. The van der Waals surface area contributed by atoms with Gasteiger partial charge in [-0.25, -0.2) is 4.98 Å². The second-order valence-corrected chi connectivity index (χ2v) is 7.42. The molecule has 0 bridgehead atoms. The van der Waals surface area contributed by atoms with Crippen LogP contribution in [0.15, 0.2) is 30.3 Å². The first-order chi connectivity index (χ1) is 13.1. The fourth-order valence-corrected chi connectivity index (χ4v) is 3.80. The highest BCUT2D eigenvalue weighted by atomic mass is 16.5. The highest BCUT2D eigenvalue weighted by Crippen LogP contribution is 2.36. The van der Waals surface area contributed by atoms with Gasteiger partial charge in [0, 0.05) is 44.0 Å². The van der Waals surface area contributed by atoms with Crippen molar-refractivity contribution < 1.29 is 9.47 Å². The lowest BCUT2D eigenvalue weighted by atomic mass is 9.78. The topological polar surface area (TPSA) is 99.5 Å². The fourth-order valence-electron chi connectivity index (χ4n) is 3.80. The molecule has 1 saturated heterocycles. The summed E-state index contributed by atoms with van der Waals surface area (Å²) in [6, 6.07) is 10.1. The first-order valence-electron chi connectivity index (χ1n) is 9.56. The standard InChI is InChI=1S/C20H27N5O2/c1-26-15-2-4-16(5-3-15)27-17-6-8-25(9-7-17)19-12-18(23-20(22)24-19)13-10-14(21)11-13/h2-5,12-14,17H,6-11,21H2,1H3,(H2,22,23,24). The highest BCUT2D eigenvalue weighted by Gasteiger charge is 2.30. The van der Waals surface area contributed by atoms with Gasteiger partial charge in [-0.2, -0.15) is 4.98 Å². The van der Waals surface area contributed by atoms with E-state index in [0.717, 1.165) is 61.8 Å². The Morgan fingerprint density at radius 3 is 2.33 bits per heavy atom. The van der Waals surface area contributed by atoms with Crippen molar-refractivity contribution in [3.63, 3.8) is 0 Å². The van der Waals surface area contributed by atoms with Gasteiger partial charge in [0.05, 0.1) is 12.8 Å². The van der Waals surface area contributed by atoms with E-state index in [4.69, 9.17) is 20.9 Å². The van der Waals surface area contributed by atoms with Gasteiger partial charge in [0.2, 0.25) is 5.95 Å². The third-order valence-corrected chi connectivity index (χ3v) is 5.47. The molecule has 7 heteroatoms. The maximum atomic E-state index is 6.11. The number of nitrogens with two attached hydrogens (primary N) is 2. The van der Waals surface area contributed by atoms with Crippen LogP contribution in [0.25, 0.3) is 0 Å². The van der Waals surface area contributed by atoms with Crippen LogP contribution < -0.4 is 25.8 Å². The summed E-state index contributed by atoms with van der Waals surface area (Å²) < 4.78 is 11.3. The highest BCUT2D eigenvalue weighted by molar-refractivity contribution is 5.45. The molecule has 2 fully saturated rings. The molecule has 4 rings (SSSR count). The zero-order chi connectivity index (χ0) is 18.8. The lowest BCUT2D eigenvalue weighted by Crippen LogP contribution is -2.39. The molecule has 0 spiro atoms. The lowest BCUT2D eigenvalue weighted by Gasteiger charge is -2.35. The van der Waals surface area contributed by atoms with E-state index < -0.39 is 0 Å². The van der Waals surface area contributed by atoms with Crippen LogP contribution in [0.2, 0.25) is 0 Å². The van der Waals surface area contributed by atoms with Crippen molar-refractivity contribution in [1.29, 1.82) is 0 Å². The first-order valence-corrected chi connectivity index (χ1v) is 9.56. The average Bonchev–Trinajstić information content (AvgIpc) is 2.66. The van der Waals surface area contributed by atoms with Gasteiger partial charge in [0.15, 0.2) is 0 Å². The average molecular weight is 369 g/mol. The molecular weight excluding hydrogens is 342 g/mol. The largest absolute Gasteiger partial charge is 0.497 e. The summed E-state index contributed by atoms with van der Waals surface area (Å²) in [4.78, 5) is 11.1. The Morgan fingerprint density at radius 2 is 1.70 bits per heavy atom. The number of methoxy groups -OCH3 is 1. The number of hydrogen-bond donors (Lipinski definition) is 2. The number of aromatic nitrogens is 2. The molecule has 2 aromatic rings. The molecule has 1 aliphatic carbocycles. The van der Waals surface area contributed by atoms with Crippen molar-refractivity contribution in [3.8, 4) is 11.5 Å². The van der Waals surface area contributed by atoms with Crippen LogP contribution in [0.4, 0.5) is 11.8 Å². The van der Waals surface area contributed by atoms with E-state index in [1.54, 1.807) is 7.11 Å². The summed E-state index contributed by atoms with van der Waals surface area (Å²) >= 11 is 0. The molecule has 144 valence electrons. The zero-order valence-corrected chi connectivity index (χ0v) is 15.7. The smallest absolute Gasteiger partial charge is 0.222 e. The minimum absolute atomic E-state index is 0.206. The third-order valence-electron chi connectivity index (χ3n) is 5.47. The molecule has 1 aromatic carbocycles. The van der Waals surface area contributed by atoms with Crippen LogP contribution in [0.1, 0.15) is 37.3 Å². The summed E-state index contributed by atoms with van der Waals surface area (Å²) in [7, 11) is 1.66. The second-order valence-electron chi connectivity index (χ2n) is 7.42. The molecule has 0 radical (unpaired) electrons. The van der Waals surface area contributed by atoms with Gasteiger partial charge >= 0.3 is 0 Å². The normalized spacial score (nSPS) is 23.0. The molecule has 1 aliphatic heterocycles. The van der Waals surface area contributed by atoms with Crippen molar-refractivity contribution in [2.45, 2.75) is 43.7 Å². The van der Waals surface area contributed by atoms with Gasteiger partial charge in [0.25, 0.3) is 0 Å². The Morgan fingerprint density at radius 1 is 1.04 bits per heavy atom. The number of nitrogens with zero attached hydrogens (tertiary/aromatic N) is 3. The van der Waals surface area contributed by atoms with Crippen LogP contribution in [0.3, 0.4) is 0 Å². The molecule has 0 unspecified atom stereocenters.